The van der Waals surface area contributed by atoms with Crippen LogP contribution in [0.1, 0.15) is 21.6 Å². The number of hydrogen-bond acceptors (Lipinski definition) is 2. The van der Waals surface area contributed by atoms with E-state index in [1.54, 1.807) is 24.5 Å². The summed E-state index contributed by atoms with van der Waals surface area (Å²) < 4.78 is 21.2. The lowest BCUT2D eigenvalue weighted by Gasteiger charge is -2.12. The number of anilines is 1. The third-order valence-corrected chi connectivity index (χ3v) is 4.47. The Morgan fingerprint density at radius 2 is 1.88 bits per heavy atom. The van der Waals surface area contributed by atoms with Crippen molar-refractivity contribution in [3.8, 4) is 0 Å². The molecule has 0 saturated heterocycles. The maximum Gasteiger partial charge on any atom is 0.272 e. The van der Waals surface area contributed by atoms with E-state index in [9.17, 15) is 9.18 Å². The largest absolute Gasteiger partial charge is 0.463 e. The summed E-state index contributed by atoms with van der Waals surface area (Å²) >= 11 is 0. The first-order valence-electron chi connectivity index (χ1n) is 8.30. The number of nitrogens with one attached hydrogen (secondary N) is 1. The van der Waals surface area contributed by atoms with Crippen molar-refractivity contribution in [1.82, 2.24) is 4.57 Å². The number of amides is 1. The Bertz CT molecular complexity index is 1090. The molecule has 1 amide bonds. The van der Waals surface area contributed by atoms with Gasteiger partial charge in [0.15, 0.2) is 5.58 Å². The second-order valence-corrected chi connectivity index (χ2v) is 6.15. The average molecular weight is 348 g/mol. The normalized spacial score (nSPS) is 11.0. The minimum atomic E-state index is -0.471. The summed E-state index contributed by atoms with van der Waals surface area (Å²) in [6, 6.07) is 17.6. The summed E-state index contributed by atoms with van der Waals surface area (Å²) in [6.07, 6.45) is 1.59. The number of rotatable bonds is 4. The van der Waals surface area contributed by atoms with E-state index in [-0.39, 0.29) is 11.6 Å². The van der Waals surface area contributed by atoms with Crippen molar-refractivity contribution in [1.29, 1.82) is 0 Å². The molecule has 0 aliphatic heterocycles. The van der Waals surface area contributed by atoms with Gasteiger partial charge in [-0.05, 0) is 30.2 Å². The number of para-hydroxylation sites is 1. The van der Waals surface area contributed by atoms with Crippen molar-refractivity contribution in [2.75, 3.05) is 5.32 Å². The zero-order valence-corrected chi connectivity index (χ0v) is 14.2. The zero-order valence-electron chi connectivity index (χ0n) is 14.2. The molecule has 2 aromatic heterocycles. The molecule has 0 atom stereocenters. The molecule has 4 nitrogen and oxygen atoms in total. The van der Waals surface area contributed by atoms with Gasteiger partial charge in [0.25, 0.3) is 5.91 Å². The molecule has 130 valence electrons. The van der Waals surface area contributed by atoms with Crippen LogP contribution in [0.5, 0.6) is 0 Å². The van der Waals surface area contributed by atoms with Crippen molar-refractivity contribution in [2.45, 2.75) is 13.5 Å². The van der Waals surface area contributed by atoms with Crippen LogP contribution < -0.4 is 5.32 Å². The monoisotopic (exact) mass is 348 g/mol. The van der Waals surface area contributed by atoms with E-state index in [4.69, 9.17) is 4.42 Å². The Morgan fingerprint density at radius 1 is 1.12 bits per heavy atom. The molecule has 0 spiro atoms. The topological polar surface area (TPSA) is 47.2 Å². The van der Waals surface area contributed by atoms with Gasteiger partial charge in [0, 0.05) is 18.7 Å². The number of aromatic nitrogens is 1. The van der Waals surface area contributed by atoms with Crippen LogP contribution >= 0.6 is 0 Å². The lowest BCUT2D eigenvalue weighted by molar-refractivity contribution is 0.101. The fraction of sp³-hybridized carbons (Fsp3) is 0.0952. The van der Waals surface area contributed by atoms with Crippen LogP contribution in [-0.4, -0.2) is 10.5 Å². The molecule has 0 radical (unpaired) electrons. The number of benzene rings is 2. The highest BCUT2D eigenvalue weighted by Crippen LogP contribution is 2.24. The summed E-state index contributed by atoms with van der Waals surface area (Å²) in [4.78, 5) is 12.8. The lowest BCUT2D eigenvalue weighted by Crippen LogP contribution is -2.18. The molecule has 26 heavy (non-hydrogen) atoms. The maximum atomic E-state index is 13.9. The predicted octanol–water partition coefficient (Wildman–Crippen LogP) is 4.98. The molecule has 2 heterocycles. The summed E-state index contributed by atoms with van der Waals surface area (Å²) in [6.45, 7) is 2.56. The smallest absolute Gasteiger partial charge is 0.272 e. The average Bonchev–Trinajstić information content (AvgIpc) is 3.21. The first-order valence-corrected chi connectivity index (χ1v) is 8.30. The van der Waals surface area contributed by atoms with Gasteiger partial charge >= 0.3 is 0 Å². The number of fused-ring (bicyclic) bond motifs is 1. The lowest BCUT2D eigenvalue weighted by atomic mass is 10.1. The van der Waals surface area contributed by atoms with Crippen LogP contribution in [0, 0.1) is 12.7 Å². The first kappa shape index (κ1) is 16.1. The van der Waals surface area contributed by atoms with Crippen molar-refractivity contribution in [3.05, 3.63) is 89.6 Å². The van der Waals surface area contributed by atoms with Crippen LogP contribution in [0.4, 0.5) is 10.1 Å². The summed E-state index contributed by atoms with van der Waals surface area (Å²) in [7, 11) is 0. The molecule has 4 aromatic rings. The van der Waals surface area contributed by atoms with Gasteiger partial charge in [-0.2, -0.15) is 0 Å². The summed E-state index contributed by atoms with van der Waals surface area (Å²) in [5.74, 6) is -0.850. The quantitative estimate of drug-likeness (QED) is 0.565. The Hall–Kier alpha value is -3.34. The predicted molar refractivity (Wildman–Crippen MR) is 98.8 cm³/mol. The highest BCUT2D eigenvalue weighted by molar-refractivity contribution is 6.05. The van der Waals surface area contributed by atoms with Crippen LogP contribution in [-0.2, 0) is 6.54 Å². The van der Waals surface area contributed by atoms with Crippen LogP contribution in [0.3, 0.4) is 0 Å². The molecule has 0 aliphatic carbocycles. The van der Waals surface area contributed by atoms with Crippen molar-refractivity contribution < 1.29 is 13.6 Å². The minimum Gasteiger partial charge on any atom is -0.463 e. The van der Waals surface area contributed by atoms with Crippen molar-refractivity contribution >= 4 is 22.7 Å². The fourth-order valence-corrected chi connectivity index (χ4v) is 3.04. The molecule has 0 aliphatic rings. The van der Waals surface area contributed by atoms with E-state index in [1.807, 2.05) is 41.8 Å². The van der Waals surface area contributed by atoms with Crippen LogP contribution in [0.15, 0.2) is 71.3 Å². The van der Waals surface area contributed by atoms with E-state index in [1.165, 1.54) is 12.1 Å². The molecule has 0 unspecified atom stereocenters. The number of carbonyl (C=O) groups excluding carboxylic acids is 1. The minimum absolute atomic E-state index is 0.151. The van der Waals surface area contributed by atoms with Gasteiger partial charge in [0.2, 0.25) is 0 Å². The maximum absolute atomic E-state index is 13.9. The third-order valence-electron chi connectivity index (χ3n) is 4.47. The Labute approximate surface area is 149 Å². The van der Waals surface area contributed by atoms with E-state index >= 15 is 0 Å². The molecule has 0 bridgehead atoms. The van der Waals surface area contributed by atoms with Crippen molar-refractivity contribution in [2.24, 2.45) is 0 Å². The van der Waals surface area contributed by atoms with Gasteiger partial charge in [-0.3, -0.25) is 4.79 Å². The van der Waals surface area contributed by atoms with Gasteiger partial charge in [-0.15, -0.1) is 0 Å². The Kier molecular flexibility index (Phi) is 4.05. The molecular weight excluding hydrogens is 331 g/mol. The summed E-state index contributed by atoms with van der Waals surface area (Å²) in [5.41, 5.74) is 4.26. The fourth-order valence-electron chi connectivity index (χ4n) is 3.04. The second kappa shape index (κ2) is 6.52. The van der Waals surface area contributed by atoms with Gasteiger partial charge < -0.3 is 14.3 Å². The standard InChI is InChI=1S/C21H17FN2O2/c1-14-6-2-3-7-15(14)13-24-18-10-11-26-20(18)12-19(24)21(25)23-17-9-5-4-8-16(17)22/h2-12H,13H2,1H3,(H,23,25). The highest BCUT2D eigenvalue weighted by atomic mass is 19.1. The van der Waals surface area contributed by atoms with E-state index in [0.29, 0.717) is 17.8 Å². The SMILES string of the molecule is Cc1ccccc1Cn1c(C(=O)Nc2ccccc2F)cc2occc21. The molecule has 0 fully saturated rings. The highest BCUT2D eigenvalue weighted by Gasteiger charge is 2.19. The number of halogens is 1. The Morgan fingerprint density at radius 3 is 2.69 bits per heavy atom. The number of aryl methyl sites for hydroxylation is 1. The van der Waals surface area contributed by atoms with E-state index in [2.05, 4.69) is 5.32 Å². The van der Waals surface area contributed by atoms with Gasteiger partial charge in [0.1, 0.15) is 11.5 Å². The second-order valence-electron chi connectivity index (χ2n) is 6.15. The van der Waals surface area contributed by atoms with Crippen LogP contribution in [0.2, 0.25) is 0 Å². The molecule has 4 rings (SSSR count). The number of hydrogen-bond donors (Lipinski definition) is 1. The number of carbonyl (C=O) groups is 1. The Balaban J connectivity index is 1.73. The number of nitrogens with zero attached hydrogens (tertiary/aromatic N) is 1. The van der Waals surface area contributed by atoms with Crippen molar-refractivity contribution in [3.63, 3.8) is 0 Å². The molecular formula is C21H17FN2O2. The van der Waals surface area contributed by atoms with E-state index in [0.717, 1.165) is 16.6 Å². The molecule has 0 saturated carbocycles. The summed E-state index contributed by atoms with van der Waals surface area (Å²) in [5, 5.41) is 2.64. The van der Waals surface area contributed by atoms with Crippen LogP contribution in [0.25, 0.3) is 11.1 Å². The molecule has 5 heteroatoms. The zero-order chi connectivity index (χ0) is 18.1. The number of furan rings is 1. The molecule has 1 N–H and O–H groups in total. The van der Waals surface area contributed by atoms with Gasteiger partial charge in [0.05, 0.1) is 17.5 Å². The van der Waals surface area contributed by atoms with Gasteiger partial charge in [-0.25, -0.2) is 4.39 Å². The first-order chi connectivity index (χ1) is 12.6. The van der Waals surface area contributed by atoms with Gasteiger partial charge in [-0.1, -0.05) is 36.4 Å². The van der Waals surface area contributed by atoms with E-state index < -0.39 is 5.82 Å². The third kappa shape index (κ3) is 2.88. The molecule has 2 aromatic carbocycles.